The molecule has 0 amide bonds. The van der Waals surface area contributed by atoms with Gasteiger partial charge in [0.1, 0.15) is 5.76 Å². The predicted octanol–water partition coefficient (Wildman–Crippen LogP) is 2.04. The van der Waals surface area contributed by atoms with E-state index in [2.05, 4.69) is 20.8 Å². The minimum Gasteiger partial charge on any atom is -0.388 e. The molecule has 22 heavy (non-hydrogen) atoms. The zero-order chi connectivity index (χ0) is 16.0. The Bertz CT molecular complexity index is 485. The highest BCUT2D eigenvalue weighted by Crippen LogP contribution is 2.27. The molecule has 0 spiro atoms. The van der Waals surface area contributed by atoms with Crippen LogP contribution in [0.4, 0.5) is 0 Å². The molecule has 124 valence electrons. The normalized spacial score (nSPS) is 18.3. The second-order valence-corrected chi connectivity index (χ2v) is 6.14. The van der Waals surface area contributed by atoms with Crippen LogP contribution in [-0.4, -0.2) is 34.9 Å². The van der Waals surface area contributed by atoms with E-state index in [9.17, 15) is 5.11 Å². The van der Waals surface area contributed by atoms with Crippen molar-refractivity contribution in [3.63, 3.8) is 0 Å². The molecular formula is C16H28N4O2. The van der Waals surface area contributed by atoms with Crippen LogP contribution in [0.1, 0.15) is 56.0 Å². The number of rotatable bonds is 5. The highest BCUT2D eigenvalue weighted by molar-refractivity contribution is 5.79. The van der Waals surface area contributed by atoms with Gasteiger partial charge in [0.2, 0.25) is 0 Å². The number of aliphatic hydroxyl groups is 1. The number of aliphatic imine (C=N–C) groups is 1. The van der Waals surface area contributed by atoms with Crippen molar-refractivity contribution in [1.82, 2.24) is 15.8 Å². The number of hydrogen-bond acceptors (Lipinski definition) is 4. The molecule has 6 heteroatoms. The highest BCUT2D eigenvalue weighted by atomic mass is 16.5. The Morgan fingerprint density at radius 3 is 2.59 bits per heavy atom. The summed E-state index contributed by atoms with van der Waals surface area (Å²) in [5.41, 5.74) is 1.30. The molecular weight excluding hydrogens is 280 g/mol. The van der Waals surface area contributed by atoms with Gasteiger partial charge in [-0.25, -0.2) is 4.99 Å². The third kappa shape index (κ3) is 4.47. The Labute approximate surface area is 132 Å². The zero-order valence-corrected chi connectivity index (χ0v) is 13.9. The second kappa shape index (κ2) is 7.63. The molecule has 2 rings (SSSR count). The van der Waals surface area contributed by atoms with Crippen molar-refractivity contribution in [1.29, 1.82) is 0 Å². The van der Waals surface area contributed by atoms with E-state index in [0.29, 0.717) is 13.1 Å². The van der Waals surface area contributed by atoms with Crippen LogP contribution < -0.4 is 10.6 Å². The van der Waals surface area contributed by atoms with Crippen LogP contribution in [0.25, 0.3) is 0 Å². The van der Waals surface area contributed by atoms with Gasteiger partial charge in [0.05, 0.1) is 17.8 Å². The first-order valence-electron chi connectivity index (χ1n) is 8.20. The molecule has 1 fully saturated rings. The van der Waals surface area contributed by atoms with Gasteiger partial charge in [-0.05, 0) is 33.6 Å². The van der Waals surface area contributed by atoms with Crippen LogP contribution in [0, 0.1) is 13.8 Å². The highest BCUT2D eigenvalue weighted by Gasteiger charge is 2.29. The first-order chi connectivity index (χ1) is 10.5. The number of guanidine groups is 1. The van der Waals surface area contributed by atoms with Crippen molar-refractivity contribution < 1.29 is 9.63 Å². The molecule has 0 aromatic carbocycles. The molecule has 6 nitrogen and oxygen atoms in total. The minimum absolute atomic E-state index is 0.523. The summed E-state index contributed by atoms with van der Waals surface area (Å²) in [5, 5.41) is 21.0. The van der Waals surface area contributed by atoms with E-state index < -0.39 is 5.60 Å². The zero-order valence-electron chi connectivity index (χ0n) is 13.9. The van der Waals surface area contributed by atoms with Gasteiger partial charge in [-0.2, -0.15) is 0 Å². The summed E-state index contributed by atoms with van der Waals surface area (Å²) in [5.74, 6) is 1.53. The van der Waals surface area contributed by atoms with E-state index in [1.165, 1.54) is 6.42 Å². The van der Waals surface area contributed by atoms with E-state index >= 15 is 0 Å². The van der Waals surface area contributed by atoms with E-state index in [0.717, 1.165) is 55.2 Å². The predicted molar refractivity (Wildman–Crippen MR) is 86.8 cm³/mol. The number of aromatic nitrogens is 1. The fourth-order valence-corrected chi connectivity index (χ4v) is 2.86. The van der Waals surface area contributed by atoms with Crippen LogP contribution >= 0.6 is 0 Å². The monoisotopic (exact) mass is 308 g/mol. The third-order valence-electron chi connectivity index (χ3n) is 4.29. The van der Waals surface area contributed by atoms with Crippen molar-refractivity contribution in [2.45, 2.75) is 65.0 Å². The van der Waals surface area contributed by atoms with Gasteiger partial charge >= 0.3 is 0 Å². The van der Waals surface area contributed by atoms with Gasteiger partial charge in [0, 0.05) is 18.7 Å². The molecule has 0 unspecified atom stereocenters. The maximum absolute atomic E-state index is 10.6. The van der Waals surface area contributed by atoms with Crippen molar-refractivity contribution in [2.75, 3.05) is 13.1 Å². The molecule has 0 aliphatic heterocycles. The van der Waals surface area contributed by atoms with Gasteiger partial charge < -0.3 is 20.3 Å². The third-order valence-corrected chi connectivity index (χ3v) is 4.29. The standard InChI is InChI=1S/C16H28N4O2/c1-4-17-15(18-10-14-12(2)20-22-13(14)3)19-11-16(21)8-6-5-7-9-16/h21H,4-11H2,1-3H3,(H2,17,18,19). The largest absolute Gasteiger partial charge is 0.388 e. The van der Waals surface area contributed by atoms with Crippen molar-refractivity contribution in [3.05, 3.63) is 17.0 Å². The Balaban J connectivity index is 1.95. The summed E-state index contributed by atoms with van der Waals surface area (Å²) >= 11 is 0. The smallest absolute Gasteiger partial charge is 0.191 e. The molecule has 1 saturated carbocycles. The van der Waals surface area contributed by atoms with E-state index in [4.69, 9.17) is 4.52 Å². The number of aryl methyl sites for hydroxylation is 2. The summed E-state index contributed by atoms with van der Waals surface area (Å²) in [6.45, 7) is 7.70. The van der Waals surface area contributed by atoms with Gasteiger partial charge in [0.15, 0.2) is 5.96 Å². The van der Waals surface area contributed by atoms with Gasteiger partial charge in [-0.15, -0.1) is 0 Å². The molecule has 1 heterocycles. The summed E-state index contributed by atoms with van der Waals surface area (Å²) < 4.78 is 5.16. The Hall–Kier alpha value is -1.56. The molecule has 1 aromatic rings. The summed E-state index contributed by atoms with van der Waals surface area (Å²) in [6, 6.07) is 0. The minimum atomic E-state index is -0.600. The maximum Gasteiger partial charge on any atom is 0.191 e. The van der Waals surface area contributed by atoms with Crippen LogP contribution in [0.3, 0.4) is 0 Å². The van der Waals surface area contributed by atoms with Crippen molar-refractivity contribution in [3.8, 4) is 0 Å². The van der Waals surface area contributed by atoms with Crippen LogP contribution in [0.15, 0.2) is 9.52 Å². The number of nitrogens with zero attached hydrogens (tertiary/aromatic N) is 2. The van der Waals surface area contributed by atoms with Crippen LogP contribution in [0.5, 0.6) is 0 Å². The lowest BCUT2D eigenvalue weighted by Crippen LogP contribution is -2.48. The fraction of sp³-hybridized carbons (Fsp3) is 0.750. The quantitative estimate of drug-likeness (QED) is 0.573. The molecule has 1 aliphatic rings. The lowest BCUT2D eigenvalue weighted by Gasteiger charge is -2.32. The summed E-state index contributed by atoms with van der Waals surface area (Å²) in [7, 11) is 0. The van der Waals surface area contributed by atoms with Crippen LogP contribution in [-0.2, 0) is 6.54 Å². The average Bonchev–Trinajstić information content (AvgIpc) is 2.82. The first-order valence-corrected chi connectivity index (χ1v) is 8.20. The average molecular weight is 308 g/mol. The first kappa shape index (κ1) is 16.8. The van der Waals surface area contributed by atoms with E-state index in [1.54, 1.807) is 0 Å². The molecule has 0 radical (unpaired) electrons. The topological polar surface area (TPSA) is 82.7 Å². The maximum atomic E-state index is 10.6. The SMILES string of the molecule is CCNC(=NCc1c(C)noc1C)NCC1(O)CCCCC1. The lowest BCUT2D eigenvalue weighted by atomic mass is 9.85. The lowest BCUT2D eigenvalue weighted by molar-refractivity contribution is 0.00859. The summed E-state index contributed by atoms with van der Waals surface area (Å²) in [6.07, 6.45) is 5.16. The Morgan fingerprint density at radius 2 is 2.00 bits per heavy atom. The molecule has 0 saturated heterocycles. The molecule has 0 bridgehead atoms. The van der Waals surface area contributed by atoms with Crippen molar-refractivity contribution in [2.24, 2.45) is 4.99 Å². The number of hydrogen-bond donors (Lipinski definition) is 3. The van der Waals surface area contributed by atoms with Crippen LogP contribution in [0.2, 0.25) is 0 Å². The molecule has 3 N–H and O–H groups in total. The Morgan fingerprint density at radius 1 is 1.27 bits per heavy atom. The van der Waals surface area contributed by atoms with E-state index in [1.807, 2.05) is 20.8 Å². The van der Waals surface area contributed by atoms with E-state index in [-0.39, 0.29) is 0 Å². The van der Waals surface area contributed by atoms with Crippen molar-refractivity contribution >= 4 is 5.96 Å². The second-order valence-electron chi connectivity index (χ2n) is 6.14. The summed E-state index contributed by atoms with van der Waals surface area (Å²) in [4.78, 5) is 4.58. The van der Waals surface area contributed by atoms with Gasteiger partial charge in [-0.1, -0.05) is 24.4 Å². The Kier molecular flexibility index (Phi) is 5.83. The van der Waals surface area contributed by atoms with Gasteiger partial charge in [0.25, 0.3) is 0 Å². The number of nitrogens with one attached hydrogen (secondary N) is 2. The molecule has 0 atom stereocenters. The molecule has 1 aromatic heterocycles. The van der Waals surface area contributed by atoms with Gasteiger partial charge in [-0.3, -0.25) is 0 Å². The fourth-order valence-electron chi connectivity index (χ4n) is 2.86. The molecule has 1 aliphatic carbocycles.